The summed E-state index contributed by atoms with van der Waals surface area (Å²) in [6.07, 6.45) is 5.75. The fourth-order valence-corrected chi connectivity index (χ4v) is 5.22. The summed E-state index contributed by atoms with van der Waals surface area (Å²) in [5.74, 6) is -3.48. The van der Waals surface area contributed by atoms with Crippen LogP contribution in [0.1, 0.15) is 53.4 Å². The lowest BCUT2D eigenvalue weighted by Gasteiger charge is -2.25. The average molecular weight is 412 g/mol. The Hall–Kier alpha value is -1.86. The summed E-state index contributed by atoms with van der Waals surface area (Å²) in [4.78, 5) is 38.0. The maximum atomic E-state index is 12.9. The monoisotopic (exact) mass is 411 g/mol. The number of halogens is 1. The van der Waals surface area contributed by atoms with Crippen LogP contribution in [0.2, 0.25) is 0 Å². The van der Waals surface area contributed by atoms with Gasteiger partial charge < -0.3 is 15.2 Å². The van der Waals surface area contributed by atoms with E-state index < -0.39 is 29.7 Å². The van der Waals surface area contributed by atoms with E-state index in [1.165, 1.54) is 11.3 Å². The van der Waals surface area contributed by atoms with Crippen molar-refractivity contribution >= 4 is 45.8 Å². The van der Waals surface area contributed by atoms with Crippen molar-refractivity contribution in [1.82, 2.24) is 0 Å². The second kappa shape index (κ2) is 8.44. The minimum Gasteiger partial charge on any atom is -0.481 e. The molecule has 2 aliphatic carbocycles. The number of aryl methyl sites for hydroxylation is 1. The van der Waals surface area contributed by atoms with Crippen molar-refractivity contribution in [2.45, 2.75) is 45.4 Å². The van der Waals surface area contributed by atoms with Crippen LogP contribution in [0.4, 0.5) is 5.00 Å². The third-order valence-corrected chi connectivity index (χ3v) is 6.55. The predicted molar refractivity (Wildman–Crippen MR) is 103 cm³/mol. The van der Waals surface area contributed by atoms with Crippen molar-refractivity contribution in [3.05, 3.63) is 27.1 Å². The van der Waals surface area contributed by atoms with Gasteiger partial charge in [-0.3, -0.25) is 9.59 Å². The number of allylic oxidation sites excluding steroid dienone is 2. The van der Waals surface area contributed by atoms with Gasteiger partial charge in [-0.05, 0) is 51.0 Å². The van der Waals surface area contributed by atoms with Crippen LogP contribution in [0.25, 0.3) is 0 Å². The van der Waals surface area contributed by atoms with Crippen molar-refractivity contribution in [1.29, 1.82) is 0 Å². The highest BCUT2D eigenvalue weighted by Gasteiger charge is 2.37. The first-order valence-corrected chi connectivity index (χ1v) is 10.3. The molecule has 2 aliphatic rings. The molecule has 6 nitrogen and oxygen atoms in total. The van der Waals surface area contributed by atoms with Gasteiger partial charge in [0, 0.05) is 9.91 Å². The van der Waals surface area contributed by atoms with E-state index in [-0.39, 0.29) is 19.4 Å². The molecule has 1 aromatic rings. The molecule has 1 heterocycles. The van der Waals surface area contributed by atoms with Crippen molar-refractivity contribution in [3.8, 4) is 0 Å². The number of hydrogen-bond donors (Lipinski definition) is 2. The Morgan fingerprint density at radius 3 is 2.74 bits per heavy atom. The Morgan fingerprint density at radius 2 is 2.04 bits per heavy atom. The molecule has 2 unspecified atom stereocenters. The molecule has 0 aliphatic heterocycles. The number of amides is 1. The Bertz CT molecular complexity index is 800. The van der Waals surface area contributed by atoms with Crippen LogP contribution in [0.3, 0.4) is 0 Å². The maximum absolute atomic E-state index is 12.9. The van der Waals surface area contributed by atoms with Gasteiger partial charge in [0.25, 0.3) is 0 Å². The third-order valence-electron chi connectivity index (χ3n) is 5.04. The molecule has 8 heteroatoms. The molecule has 0 saturated carbocycles. The summed E-state index contributed by atoms with van der Waals surface area (Å²) in [7, 11) is 0. The molecule has 1 amide bonds. The molecule has 0 radical (unpaired) electrons. The van der Waals surface area contributed by atoms with Crippen molar-refractivity contribution in [2.75, 3.05) is 11.9 Å². The number of anilines is 1. The minimum absolute atomic E-state index is 0.185. The Kier molecular flexibility index (Phi) is 6.22. The summed E-state index contributed by atoms with van der Waals surface area (Å²) < 4.78 is 5.19. The molecule has 0 aromatic carbocycles. The van der Waals surface area contributed by atoms with Gasteiger partial charge in [0.05, 0.1) is 24.0 Å². The number of carbonyl (C=O) groups is 3. The van der Waals surface area contributed by atoms with Crippen molar-refractivity contribution in [3.63, 3.8) is 0 Å². The number of nitrogens with one attached hydrogen (secondary N) is 1. The maximum Gasteiger partial charge on any atom is 0.341 e. The van der Waals surface area contributed by atoms with Gasteiger partial charge >= 0.3 is 11.9 Å². The first-order chi connectivity index (χ1) is 12.9. The lowest BCUT2D eigenvalue weighted by Crippen LogP contribution is -2.35. The summed E-state index contributed by atoms with van der Waals surface area (Å²) in [5, 5.41) is 13.2. The van der Waals surface area contributed by atoms with E-state index in [0.717, 1.165) is 36.1 Å². The van der Waals surface area contributed by atoms with E-state index in [9.17, 15) is 19.5 Å². The molecule has 1 aromatic heterocycles. The molecule has 2 atom stereocenters. The molecule has 0 bridgehead atoms. The van der Waals surface area contributed by atoms with E-state index in [1.54, 1.807) is 13.0 Å². The van der Waals surface area contributed by atoms with Crippen LogP contribution in [0, 0.1) is 11.8 Å². The molecular formula is C19H22ClNO5S. The van der Waals surface area contributed by atoms with Gasteiger partial charge in [-0.15, -0.1) is 11.3 Å². The highest BCUT2D eigenvalue weighted by atomic mass is 35.5. The van der Waals surface area contributed by atoms with Gasteiger partial charge in [0.1, 0.15) is 5.00 Å². The SMILES string of the molecule is CCOC(=O)c1c(NC(=O)C2CC(Cl)=CCC2C(=O)O)sc2c1CCCC2. The van der Waals surface area contributed by atoms with E-state index in [0.29, 0.717) is 15.6 Å². The smallest absolute Gasteiger partial charge is 0.341 e. The Labute approximate surface area is 166 Å². The lowest BCUT2D eigenvalue weighted by atomic mass is 9.82. The first kappa shape index (κ1) is 19.9. The van der Waals surface area contributed by atoms with Crippen LogP contribution in [-0.2, 0) is 27.2 Å². The van der Waals surface area contributed by atoms with Crippen LogP contribution in [0.5, 0.6) is 0 Å². The highest BCUT2D eigenvalue weighted by molar-refractivity contribution is 7.17. The number of fused-ring (bicyclic) bond motifs is 1. The van der Waals surface area contributed by atoms with Gasteiger partial charge in [0.15, 0.2) is 0 Å². The number of carbonyl (C=O) groups excluding carboxylic acids is 2. The number of hydrogen-bond acceptors (Lipinski definition) is 5. The molecule has 0 saturated heterocycles. The zero-order chi connectivity index (χ0) is 19.6. The molecule has 3 rings (SSSR count). The number of carboxylic acid groups (broad SMARTS) is 1. The van der Waals surface area contributed by atoms with Crippen LogP contribution < -0.4 is 5.32 Å². The summed E-state index contributed by atoms with van der Waals surface area (Å²) >= 11 is 7.44. The number of esters is 1. The lowest BCUT2D eigenvalue weighted by molar-refractivity contribution is -0.146. The Balaban J connectivity index is 1.89. The van der Waals surface area contributed by atoms with Crippen LogP contribution in [0.15, 0.2) is 11.1 Å². The van der Waals surface area contributed by atoms with Crippen molar-refractivity contribution < 1.29 is 24.2 Å². The standard InChI is InChI=1S/C19H22ClNO5S/c1-2-26-19(25)15-12-5-3-4-6-14(12)27-17(15)21-16(22)13-9-10(20)7-8-11(13)18(23)24/h7,11,13H,2-6,8-9H2,1H3,(H,21,22)(H,23,24). The predicted octanol–water partition coefficient (Wildman–Crippen LogP) is 3.98. The quantitative estimate of drug-likeness (QED) is 0.715. The van der Waals surface area contributed by atoms with Gasteiger partial charge in [-0.1, -0.05) is 17.7 Å². The summed E-state index contributed by atoms with van der Waals surface area (Å²) in [5.41, 5.74) is 1.38. The molecule has 146 valence electrons. The summed E-state index contributed by atoms with van der Waals surface area (Å²) in [6.45, 7) is 1.99. The molecule has 0 fully saturated rings. The van der Waals surface area contributed by atoms with Gasteiger partial charge in [-0.25, -0.2) is 4.79 Å². The van der Waals surface area contributed by atoms with Crippen molar-refractivity contribution in [2.24, 2.45) is 11.8 Å². The van der Waals surface area contributed by atoms with E-state index in [1.807, 2.05) is 0 Å². The highest BCUT2D eigenvalue weighted by Crippen LogP contribution is 2.40. The molecular weight excluding hydrogens is 390 g/mol. The van der Waals surface area contributed by atoms with Crippen LogP contribution in [-0.4, -0.2) is 29.6 Å². The number of carboxylic acids is 1. The topological polar surface area (TPSA) is 92.7 Å². The first-order valence-electron chi connectivity index (χ1n) is 9.12. The molecule has 2 N–H and O–H groups in total. The van der Waals surface area contributed by atoms with Gasteiger partial charge in [0.2, 0.25) is 5.91 Å². The number of rotatable bonds is 5. The third kappa shape index (κ3) is 4.19. The average Bonchev–Trinajstić information content (AvgIpc) is 2.99. The largest absolute Gasteiger partial charge is 0.481 e. The number of aliphatic carboxylic acids is 1. The van der Waals surface area contributed by atoms with Gasteiger partial charge in [-0.2, -0.15) is 0 Å². The number of thiophene rings is 1. The zero-order valence-electron chi connectivity index (χ0n) is 15.0. The van der Waals surface area contributed by atoms with E-state index >= 15 is 0 Å². The summed E-state index contributed by atoms with van der Waals surface area (Å²) in [6, 6.07) is 0. The molecule has 0 spiro atoms. The van der Waals surface area contributed by atoms with E-state index in [4.69, 9.17) is 16.3 Å². The second-order valence-corrected chi connectivity index (χ2v) is 8.36. The fourth-order valence-electron chi connectivity index (χ4n) is 3.68. The second-order valence-electron chi connectivity index (χ2n) is 6.77. The Morgan fingerprint density at radius 1 is 1.30 bits per heavy atom. The van der Waals surface area contributed by atoms with Crippen LogP contribution >= 0.6 is 22.9 Å². The fraction of sp³-hybridized carbons (Fsp3) is 0.526. The normalized spacial score (nSPS) is 21.8. The van der Waals surface area contributed by atoms with E-state index in [2.05, 4.69) is 5.32 Å². The molecule has 27 heavy (non-hydrogen) atoms. The zero-order valence-corrected chi connectivity index (χ0v) is 16.6. The minimum atomic E-state index is -1.02. The number of ether oxygens (including phenoxy) is 1.